The van der Waals surface area contributed by atoms with Gasteiger partial charge in [-0.3, -0.25) is 0 Å². The maximum atomic E-state index is 9.84. The van der Waals surface area contributed by atoms with Gasteiger partial charge in [0.25, 0.3) is 0 Å². The van der Waals surface area contributed by atoms with Crippen molar-refractivity contribution in [1.29, 1.82) is 0 Å². The minimum atomic E-state index is 0.221. The number of fused-ring (bicyclic) bond motifs is 18. The van der Waals surface area contributed by atoms with Gasteiger partial charge in [0.15, 0.2) is 0 Å². The second kappa shape index (κ2) is 9.98. The van der Waals surface area contributed by atoms with Crippen molar-refractivity contribution >= 4 is 129 Å². The molecule has 0 atom stereocenters. The Hall–Kier alpha value is -6.28. The predicted molar refractivity (Wildman–Crippen MR) is 230 cm³/mol. The molecule has 0 spiro atoms. The fraction of sp³-hybridized carbons (Fsp3) is 0.0769. The smallest absolute Gasteiger partial charge is 0.0431 e. The Balaban J connectivity index is 1.53. The second-order valence-electron chi connectivity index (χ2n) is 15.2. The lowest BCUT2D eigenvalue weighted by Crippen LogP contribution is -2.00. The van der Waals surface area contributed by atoms with E-state index in [1.807, 2.05) is 0 Å². The molecule has 0 amide bonds. The Bertz CT molecular complexity index is 3570. The third-order valence-electron chi connectivity index (χ3n) is 12.9. The van der Waals surface area contributed by atoms with Crippen LogP contribution in [0, 0.1) is 0 Å². The van der Waals surface area contributed by atoms with E-state index in [2.05, 4.69) is 140 Å². The van der Waals surface area contributed by atoms with Crippen LogP contribution < -0.4 is 0 Å². The lowest BCUT2D eigenvalue weighted by atomic mass is 9.74. The van der Waals surface area contributed by atoms with E-state index < -0.39 is 0 Å². The van der Waals surface area contributed by atoms with E-state index in [1.165, 1.54) is 135 Å². The van der Waals surface area contributed by atoms with Gasteiger partial charge < -0.3 is 5.11 Å². The quantitative estimate of drug-likeness (QED) is 0.112. The van der Waals surface area contributed by atoms with Crippen LogP contribution in [0.15, 0.2) is 140 Å². The number of benzene rings is 13. The summed E-state index contributed by atoms with van der Waals surface area (Å²) in [5.74, 6) is 0. The largest absolute Gasteiger partial charge is 0.396 e. The highest BCUT2D eigenvalue weighted by Crippen LogP contribution is 2.59. The molecule has 13 rings (SSSR count). The lowest BCUT2D eigenvalue weighted by molar-refractivity contribution is 0.284. The molecule has 53 heavy (non-hydrogen) atoms. The van der Waals surface area contributed by atoms with Gasteiger partial charge >= 0.3 is 0 Å². The highest BCUT2D eigenvalue weighted by atomic mass is 16.2. The number of unbranched alkanes of at least 4 members (excludes halogenated alkanes) is 1. The average Bonchev–Trinajstić information content (AvgIpc) is 3.22. The Morgan fingerprint density at radius 1 is 0.245 bits per heavy atom. The van der Waals surface area contributed by atoms with Crippen molar-refractivity contribution in [3.8, 4) is 0 Å². The summed E-state index contributed by atoms with van der Waals surface area (Å²) in [5.41, 5.74) is 1.37. The van der Waals surface area contributed by atoms with Gasteiger partial charge in [-0.1, -0.05) is 140 Å². The molecule has 13 aromatic carbocycles. The zero-order valence-electron chi connectivity index (χ0n) is 29.1. The normalized spacial score (nSPS) is 12.9. The van der Waals surface area contributed by atoms with Crippen LogP contribution in [0.2, 0.25) is 0 Å². The van der Waals surface area contributed by atoms with Gasteiger partial charge in [0.05, 0.1) is 0 Å². The summed E-state index contributed by atoms with van der Waals surface area (Å²) in [6, 6.07) is 53.0. The number of aliphatic hydroxyl groups excluding tert-OH is 1. The van der Waals surface area contributed by atoms with E-state index in [4.69, 9.17) is 0 Å². The minimum Gasteiger partial charge on any atom is -0.396 e. The van der Waals surface area contributed by atoms with E-state index >= 15 is 0 Å². The van der Waals surface area contributed by atoms with Crippen molar-refractivity contribution in [3.05, 3.63) is 145 Å². The van der Waals surface area contributed by atoms with Gasteiger partial charge in [0.1, 0.15) is 0 Å². The highest BCUT2D eigenvalue weighted by Gasteiger charge is 2.30. The second-order valence-corrected chi connectivity index (χ2v) is 15.2. The minimum absolute atomic E-state index is 0.221. The highest BCUT2D eigenvalue weighted by molar-refractivity contribution is 6.60. The number of hydrogen-bond acceptors (Lipinski definition) is 1. The summed E-state index contributed by atoms with van der Waals surface area (Å²) in [6.07, 6.45) is 2.69. The third-order valence-corrected chi connectivity index (χ3v) is 12.9. The first-order chi connectivity index (χ1) is 26.3. The standard InChI is InChI=1S/C52H32O/c53-27-12-11-14-28-15-13-26-39-40(28)46-38-25-10-9-24-37(38)44-34-21-6-5-20-33(34)42-31-18-3-1-16-29(31)41-30-17-2-4-19-32(30)43-35-22-7-8-23-36(35)45(39)51-49(43)47(41)48(42)50(44)52(46)51/h1-10,13,15-26,53H,11-12,14,27H2. The molecule has 0 aliphatic heterocycles. The molecule has 0 bridgehead atoms. The summed E-state index contributed by atoms with van der Waals surface area (Å²) >= 11 is 0. The van der Waals surface area contributed by atoms with Crippen LogP contribution in [0.25, 0.3) is 129 Å². The number of aliphatic hydroxyl groups is 1. The van der Waals surface area contributed by atoms with Crippen LogP contribution in [0.1, 0.15) is 18.4 Å². The summed E-state index contributed by atoms with van der Waals surface area (Å²) < 4.78 is 0. The Morgan fingerprint density at radius 2 is 0.528 bits per heavy atom. The van der Waals surface area contributed by atoms with Crippen molar-refractivity contribution in [2.75, 3.05) is 6.61 Å². The number of hydrogen-bond donors (Lipinski definition) is 1. The first-order valence-electron chi connectivity index (χ1n) is 19.1. The van der Waals surface area contributed by atoms with Gasteiger partial charge in [0.2, 0.25) is 0 Å². The third kappa shape index (κ3) is 3.26. The van der Waals surface area contributed by atoms with Crippen LogP contribution in [-0.2, 0) is 6.42 Å². The molecule has 0 saturated carbocycles. The van der Waals surface area contributed by atoms with E-state index in [0.717, 1.165) is 19.3 Å². The van der Waals surface area contributed by atoms with Crippen molar-refractivity contribution in [3.63, 3.8) is 0 Å². The molecule has 1 heteroatoms. The van der Waals surface area contributed by atoms with E-state index in [1.54, 1.807) is 0 Å². The van der Waals surface area contributed by atoms with Crippen molar-refractivity contribution < 1.29 is 5.11 Å². The monoisotopic (exact) mass is 672 g/mol. The van der Waals surface area contributed by atoms with Crippen LogP contribution in [0.4, 0.5) is 0 Å². The molecule has 0 aromatic heterocycles. The molecular weight excluding hydrogens is 641 g/mol. The SMILES string of the molecule is OCCCCc1cccc2c1c1c3ccccc3c3c4ccccc4c4c5ccccc5c5c6ccccc6c6c7ccccc7c2c2c6c5c4c3c12. The molecule has 1 N–H and O–H groups in total. The number of rotatable bonds is 4. The molecule has 246 valence electrons. The summed E-state index contributed by atoms with van der Waals surface area (Å²) in [5, 5.41) is 42.4. The predicted octanol–water partition coefficient (Wildman–Crippen LogP) is 14.2. The Kier molecular flexibility index (Phi) is 5.33. The first kappa shape index (κ1) is 28.3. The maximum absolute atomic E-state index is 9.84. The van der Waals surface area contributed by atoms with Gasteiger partial charge in [-0.15, -0.1) is 0 Å². The van der Waals surface area contributed by atoms with Crippen molar-refractivity contribution in [2.24, 2.45) is 0 Å². The average molecular weight is 673 g/mol. The number of aryl methyl sites for hydroxylation is 1. The molecule has 0 unspecified atom stereocenters. The van der Waals surface area contributed by atoms with Gasteiger partial charge in [-0.05, 0) is 154 Å². The molecule has 0 fully saturated rings. The zero-order valence-corrected chi connectivity index (χ0v) is 29.1. The molecule has 13 aromatic rings. The van der Waals surface area contributed by atoms with Gasteiger partial charge in [-0.25, -0.2) is 0 Å². The molecule has 0 saturated heterocycles. The summed E-state index contributed by atoms with van der Waals surface area (Å²) in [6.45, 7) is 0.221. The Morgan fingerprint density at radius 3 is 0.868 bits per heavy atom. The maximum Gasteiger partial charge on any atom is 0.0431 e. The van der Waals surface area contributed by atoms with Crippen molar-refractivity contribution in [2.45, 2.75) is 19.3 Å². The van der Waals surface area contributed by atoms with E-state index in [9.17, 15) is 5.11 Å². The van der Waals surface area contributed by atoms with E-state index in [-0.39, 0.29) is 6.61 Å². The van der Waals surface area contributed by atoms with Crippen LogP contribution in [0.5, 0.6) is 0 Å². The van der Waals surface area contributed by atoms with Gasteiger partial charge in [0, 0.05) is 6.61 Å². The van der Waals surface area contributed by atoms with Crippen LogP contribution >= 0.6 is 0 Å². The molecule has 0 heterocycles. The molecule has 0 aliphatic carbocycles. The molecule has 0 radical (unpaired) electrons. The summed E-state index contributed by atoms with van der Waals surface area (Å²) in [4.78, 5) is 0. The van der Waals surface area contributed by atoms with E-state index in [0.29, 0.717) is 0 Å². The van der Waals surface area contributed by atoms with Crippen molar-refractivity contribution in [1.82, 2.24) is 0 Å². The molecule has 1 nitrogen and oxygen atoms in total. The first-order valence-corrected chi connectivity index (χ1v) is 19.1. The Labute approximate surface area is 304 Å². The lowest BCUT2D eigenvalue weighted by Gasteiger charge is -2.28. The van der Waals surface area contributed by atoms with Crippen LogP contribution in [0.3, 0.4) is 0 Å². The fourth-order valence-electron chi connectivity index (χ4n) is 11.1. The van der Waals surface area contributed by atoms with Gasteiger partial charge in [-0.2, -0.15) is 0 Å². The zero-order chi connectivity index (χ0) is 34.5. The van der Waals surface area contributed by atoms with Crippen LogP contribution in [-0.4, -0.2) is 11.7 Å². The summed E-state index contributed by atoms with van der Waals surface area (Å²) in [7, 11) is 0. The molecular formula is C52H32O. The molecule has 0 aliphatic rings. The topological polar surface area (TPSA) is 20.2 Å². The fourth-order valence-corrected chi connectivity index (χ4v) is 11.1.